The topological polar surface area (TPSA) is 56.3 Å². The molecule has 0 unspecified atom stereocenters. The first-order valence-electron chi connectivity index (χ1n) is 9.87. The summed E-state index contributed by atoms with van der Waals surface area (Å²) in [5, 5.41) is 3.42. The van der Waals surface area contributed by atoms with Crippen LogP contribution in [0.3, 0.4) is 0 Å². The highest BCUT2D eigenvalue weighted by atomic mass is 19.4. The zero-order chi connectivity index (χ0) is 21.6. The summed E-state index contributed by atoms with van der Waals surface area (Å²) < 4.78 is 48.5. The number of halogens is 3. The Morgan fingerprint density at radius 3 is 2.10 bits per heavy atom. The molecular weight excluding hydrogens is 383 g/mol. The number of aromatic nitrogens is 2. The molecule has 0 spiro atoms. The molecule has 1 heterocycles. The lowest BCUT2D eigenvalue weighted by Gasteiger charge is -2.21. The first-order chi connectivity index (χ1) is 13.8. The lowest BCUT2D eigenvalue weighted by atomic mass is 10.0. The first-order valence-corrected chi connectivity index (χ1v) is 9.87. The SMILES string of the molecule is CCc1nc(-c2c(OC)cccc2OC(F)(F)F)c(CC)nc1NC(CC)CC. The van der Waals surface area contributed by atoms with Gasteiger partial charge in [-0.15, -0.1) is 13.2 Å². The van der Waals surface area contributed by atoms with Crippen molar-refractivity contribution in [3.63, 3.8) is 0 Å². The predicted octanol–water partition coefficient (Wildman–Crippen LogP) is 5.78. The summed E-state index contributed by atoms with van der Waals surface area (Å²) in [6, 6.07) is 4.54. The molecule has 1 aromatic heterocycles. The van der Waals surface area contributed by atoms with Crippen molar-refractivity contribution in [2.75, 3.05) is 12.4 Å². The summed E-state index contributed by atoms with van der Waals surface area (Å²) in [7, 11) is 1.40. The van der Waals surface area contributed by atoms with Gasteiger partial charge in [0.15, 0.2) is 0 Å². The number of hydrogen-bond donors (Lipinski definition) is 1. The second-order valence-electron chi connectivity index (χ2n) is 6.56. The number of ether oxygens (including phenoxy) is 2. The van der Waals surface area contributed by atoms with E-state index in [1.54, 1.807) is 6.07 Å². The van der Waals surface area contributed by atoms with E-state index >= 15 is 0 Å². The Hall–Kier alpha value is -2.51. The Morgan fingerprint density at radius 1 is 0.966 bits per heavy atom. The van der Waals surface area contributed by atoms with Crippen LogP contribution in [-0.4, -0.2) is 29.5 Å². The number of rotatable bonds is 9. The molecule has 0 aliphatic heterocycles. The van der Waals surface area contributed by atoms with Crippen LogP contribution in [0, 0.1) is 0 Å². The molecule has 2 rings (SSSR count). The number of aryl methyl sites for hydroxylation is 2. The molecule has 0 bridgehead atoms. The van der Waals surface area contributed by atoms with Crippen LogP contribution >= 0.6 is 0 Å². The van der Waals surface area contributed by atoms with Gasteiger partial charge < -0.3 is 14.8 Å². The highest BCUT2D eigenvalue weighted by Gasteiger charge is 2.34. The highest BCUT2D eigenvalue weighted by Crippen LogP contribution is 2.41. The van der Waals surface area contributed by atoms with Crippen LogP contribution in [0.1, 0.15) is 51.9 Å². The van der Waals surface area contributed by atoms with E-state index < -0.39 is 6.36 Å². The van der Waals surface area contributed by atoms with Crippen molar-refractivity contribution in [3.8, 4) is 22.8 Å². The lowest BCUT2D eigenvalue weighted by molar-refractivity contribution is -0.274. The molecule has 0 amide bonds. The standard InChI is InChI=1S/C21H28F3N3O2/c1-6-13(7-2)25-20-15(9-4)26-19(14(8-3)27-20)18-16(28-5)11-10-12-17(18)29-21(22,23)24/h10-13H,6-9H2,1-5H3,(H,25,27). The number of alkyl halides is 3. The fraction of sp³-hybridized carbons (Fsp3) is 0.524. The maximum atomic E-state index is 13.0. The van der Waals surface area contributed by atoms with Gasteiger partial charge in [0, 0.05) is 6.04 Å². The number of methoxy groups -OCH3 is 1. The maximum Gasteiger partial charge on any atom is 0.573 e. The molecule has 0 aliphatic carbocycles. The third-order valence-electron chi connectivity index (χ3n) is 4.71. The second kappa shape index (κ2) is 9.80. The van der Waals surface area contributed by atoms with Crippen LogP contribution < -0.4 is 14.8 Å². The number of nitrogens with one attached hydrogen (secondary N) is 1. The normalized spacial score (nSPS) is 11.6. The van der Waals surface area contributed by atoms with Crippen molar-refractivity contribution < 1.29 is 22.6 Å². The van der Waals surface area contributed by atoms with E-state index in [1.165, 1.54) is 19.2 Å². The fourth-order valence-electron chi connectivity index (χ4n) is 3.12. The molecular formula is C21H28F3N3O2. The van der Waals surface area contributed by atoms with Crippen molar-refractivity contribution in [2.45, 2.75) is 65.8 Å². The molecule has 0 saturated carbocycles. The largest absolute Gasteiger partial charge is 0.573 e. The maximum absolute atomic E-state index is 13.0. The molecule has 0 atom stereocenters. The van der Waals surface area contributed by atoms with E-state index in [2.05, 4.69) is 23.9 Å². The summed E-state index contributed by atoms with van der Waals surface area (Å²) in [6.45, 7) is 8.00. The summed E-state index contributed by atoms with van der Waals surface area (Å²) in [5.41, 5.74) is 1.76. The van der Waals surface area contributed by atoms with Crippen LogP contribution in [0.2, 0.25) is 0 Å². The Bertz CT molecular complexity index is 822. The first kappa shape index (κ1) is 22.8. The number of nitrogens with zero attached hydrogens (tertiary/aromatic N) is 2. The Labute approximate surface area is 169 Å². The van der Waals surface area contributed by atoms with Gasteiger partial charge in [0.1, 0.15) is 17.3 Å². The van der Waals surface area contributed by atoms with Gasteiger partial charge in [-0.3, -0.25) is 0 Å². The van der Waals surface area contributed by atoms with Crippen molar-refractivity contribution in [1.82, 2.24) is 9.97 Å². The van der Waals surface area contributed by atoms with Crippen molar-refractivity contribution in [2.24, 2.45) is 0 Å². The number of anilines is 1. The van der Waals surface area contributed by atoms with Crippen molar-refractivity contribution in [3.05, 3.63) is 29.6 Å². The summed E-state index contributed by atoms with van der Waals surface area (Å²) in [4.78, 5) is 9.42. The van der Waals surface area contributed by atoms with Gasteiger partial charge in [-0.2, -0.15) is 0 Å². The molecule has 29 heavy (non-hydrogen) atoms. The highest BCUT2D eigenvalue weighted by molar-refractivity contribution is 5.76. The van der Waals surface area contributed by atoms with Gasteiger partial charge >= 0.3 is 6.36 Å². The van der Waals surface area contributed by atoms with E-state index in [9.17, 15) is 13.2 Å². The van der Waals surface area contributed by atoms with Crippen LogP contribution in [0.4, 0.5) is 19.0 Å². The third kappa shape index (κ3) is 5.52. The minimum atomic E-state index is -4.83. The zero-order valence-electron chi connectivity index (χ0n) is 17.5. The third-order valence-corrected chi connectivity index (χ3v) is 4.71. The molecule has 1 aromatic carbocycles. The Morgan fingerprint density at radius 2 is 1.59 bits per heavy atom. The van der Waals surface area contributed by atoms with Crippen LogP contribution in [0.5, 0.6) is 11.5 Å². The zero-order valence-corrected chi connectivity index (χ0v) is 17.5. The smallest absolute Gasteiger partial charge is 0.496 e. The fourth-order valence-corrected chi connectivity index (χ4v) is 3.12. The summed E-state index contributed by atoms with van der Waals surface area (Å²) in [5.74, 6) is 0.567. The molecule has 0 fully saturated rings. The average Bonchev–Trinajstić information content (AvgIpc) is 2.70. The van der Waals surface area contributed by atoms with Gasteiger partial charge in [0.05, 0.1) is 29.8 Å². The minimum absolute atomic E-state index is 0.153. The molecule has 0 radical (unpaired) electrons. The van der Waals surface area contributed by atoms with Gasteiger partial charge in [0.2, 0.25) is 0 Å². The quantitative estimate of drug-likeness (QED) is 0.567. The molecule has 8 heteroatoms. The summed E-state index contributed by atoms with van der Waals surface area (Å²) in [6.07, 6.45) is -1.89. The molecule has 0 aliphatic rings. The predicted molar refractivity (Wildman–Crippen MR) is 107 cm³/mol. The second-order valence-corrected chi connectivity index (χ2v) is 6.56. The van der Waals surface area contributed by atoms with Crippen LogP contribution in [0.25, 0.3) is 11.3 Å². The van der Waals surface area contributed by atoms with Crippen molar-refractivity contribution >= 4 is 5.82 Å². The van der Waals surface area contributed by atoms with Crippen molar-refractivity contribution in [1.29, 1.82) is 0 Å². The minimum Gasteiger partial charge on any atom is -0.496 e. The molecule has 2 aromatic rings. The molecule has 0 saturated heterocycles. The van der Waals surface area contributed by atoms with E-state index in [4.69, 9.17) is 14.7 Å². The molecule has 5 nitrogen and oxygen atoms in total. The number of hydrogen-bond acceptors (Lipinski definition) is 5. The van der Waals surface area contributed by atoms with Gasteiger partial charge in [0.25, 0.3) is 0 Å². The average molecular weight is 411 g/mol. The van der Waals surface area contributed by atoms with Crippen LogP contribution in [-0.2, 0) is 12.8 Å². The Balaban J connectivity index is 2.68. The molecule has 1 N–H and O–H groups in total. The van der Waals surface area contributed by atoms with Gasteiger partial charge in [-0.05, 0) is 37.8 Å². The molecule has 160 valence electrons. The van der Waals surface area contributed by atoms with Crippen LogP contribution in [0.15, 0.2) is 18.2 Å². The van der Waals surface area contributed by atoms with E-state index in [-0.39, 0.29) is 23.1 Å². The van der Waals surface area contributed by atoms with Gasteiger partial charge in [-0.1, -0.05) is 33.8 Å². The number of benzene rings is 1. The monoisotopic (exact) mass is 411 g/mol. The lowest BCUT2D eigenvalue weighted by Crippen LogP contribution is -2.21. The van der Waals surface area contributed by atoms with E-state index in [0.29, 0.717) is 35.7 Å². The van der Waals surface area contributed by atoms with E-state index in [1.807, 2.05) is 13.8 Å². The Kier molecular flexibility index (Phi) is 7.70. The van der Waals surface area contributed by atoms with Gasteiger partial charge in [-0.25, -0.2) is 9.97 Å². The van der Waals surface area contributed by atoms with E-state index in [0.717, 1.165) is 12.8 Å². The summed E-state index contributed by atoms with van der Waals surface area (Å²) >= 11 is 0.